The van der Waals surface area contributed by atoms with Crippen molar-refractivity contribution in [2.24, 2.45) is 0 Å². The van der Waals surface area contributed by atoms with Crippen LogP contribution >= 0.6 is 0 Å². The Kier molecular flexibility index (Phi) is 3.58. The third-order valence-electron chi connectivity index (χ3n) is 2.75. The van der Waals surface area contributed by atoms with Gasteiger partial charge in [0.1, 0.15) is 5.75 Å². The van der Waals surface area contributed by atoms with Crippen LogP contribution in [-0.4, -0.2) is 32.0 Å². The molecule has 16 heavy (non-hydrogen) atoms. The standard InChI is InChI=1S/C13H19NO2/c1-13(2,12(15)14(3)4)10-6-8-11(16-5)9-7-10/h6-9H,1-5H3. The third-order valence-corrected chi connectivity index (χ3v) is 2.75. The van der Waals surface area contributed by atoms with Crippen molar-refractivity contribution >= 4 is 5.91 Å². The Morgan fingerprint density at radius 2 is 1.69 bits per heavy atom. The van der Waals surface area contributed by atoms with Crippen molar-refractivity contribution in [3.8, 4) is 5.75 Å². The number of carbonyl (C=O) groups is 1. The molecule has 1 amide bonds. The van der Waals surface area contributed by atoms with E-state index in [-0.39, 0.29) is 5.91 Å². The maximum atomic E-state index is 12.0. The summed E-state index contributed by atoms with van der Waals surface area (Å²) in [5.41, 5.74) is 0.488. The van der Waals surface area contributed by atoms with E-state index < -0.39 is 5.41 Å². The smallest absolute Gasteiger partial charge is 0.232 e. The topological polar surface area (TPSA) is 29.5 Å². The minimum atomic E-state index is -0.504. The van der Waals surface area contributed by atoms with Crippen molar-refractivity contribution in [1.82, 2.24) is 4.90 Å². The maximum absolute atomic E-state index is 12.0. The molecular formula is C13H19NO2. The minimum Gasteiger partial charge on any atom is -0.497 e. The first-order valence-corrected chi connectivity index (χ1v) is 5.26. The van der Waals surface area contributed by atoms with Gasteiger partial charge in [-0.3, -0.25) is 4.79 Å². The molecule has 0 unspecified atom stereocenters. The summed E-state index contributed by atoms with van der Waals surface area (Å²) < 4.78 is 5.09. The SMILES string of the molecule is COc1ccc(C(C)(C)C(=O)N(C)C)cc1. The van der Waals surface area contributed by atoms with Crippen LogP contribution in [0.5, 0.6) is 5.75 Å². The second-order valence-corrected chi connectivity index (χ2v) is 4.55. The van der Waals surface area contributed by atoms with Crippen molar-refractivity contribution in [2.45, 2.75) is 19.3 Å². The third kappa shape index (κ3) is 2.35. The molecule has 0 bridgehead atoms. The van der Waals surface area contributed by atoms with E-state index in [9.17, 15) is 4.79 Å². The molecule has 1 aromatic carbocycles. The molecule has 0 radical (unpaired) electrons. The number of benzene rings is 1. The Hall–Kier alpha value is -1.51. The average molecular weight is 221 g/mol. The fourth-order valence-electron chi connectivity index (χ4n) is 1.69. The van der Waals surface area contributed by atoms with Crippen LogP contribution in [0.1, 0.15) is 19.4 Å². The Morgan fingerprint density at radius 3 is 2.06 bits per heavy atom. The highest BCUT2D eigenvalue weighted by Gasteiger charge is 2.30. The molecule has 0 N–H and O–H groups in total. The van der Waals surface area contributed by atoms with Gasteiger partial charge in [0, 0.05) is 14.1 Å². The van der Waals surface area contributed by atoms with Crippen LogP contribution in [0.2, 0.25) is 0 Å². The quantitative estimate of drug-likeness (QED) is 0.782. The van der Waals surface area contributed by atoms with Gasteiger partial charge in [-0.2, -0.15) is 0 Å². The second-order valence-electron chi connectivity index (χ2n) is 4.55. The zero-order chi connectivity index (χ0) is 12.3. The van der Waals surface area contributed by atoms with Crippen molar-refractivity contribution in [3.63, 3.8) is 0 Å². The first-order valence-electron chi connectivity index (χ1n) is 5.26. The number of likely N-dealkylation sites (N-methyl/N-ethyl adjacent to an activating group) is 1. The summed E-state index contributed by atoms with van der Waals surface area (Å²) in [6.07, 6.45) is 0. The van der Waals surface area contributed by atoms with E-state index in [2.05, 4.69) is 0 Å². The summed E-state index contributed by atoms with van der Waals surface area (Å²) in [5.74, 6) is 0.898. The molecule has 0 heterocycles. The summed E-state index contributed by atoms with van der Waals surface area (Å²) in [7, 11) is 5.17. The number of methoxy groups -OCH3 is 1. The monoisotopic (exact) mass is 221 g/mol. The van der Waals surface area contributed by atoms with Crippen LogP contribution < -0.4 is 4.74 Å². The predicted molar refractivity (Wildman–Crippen MR) is 64.7 cm³/mol. The molecule has 0 aromatic heterocycles. The second kappa shape index (κ2) is 4.56. The lowest BCUT2D eigenvalue weighted by Gasteiger charge is -2.27. The Bertz CT molecular complexity index is 366. The molecule has 0 aliphatic rings. The molecule has 0 spiro atoms. The van der Waals surface area contributed by atoms with Gasteiger partial charge in [0.15, 0.2) is 0 Å². The van der Waals surface area contributed by atoms with Crippen molar-refractivity contribution in [2.75, 3.05) is 21.2 Å². The molecule has 0 aliphatic carbocycles. The fourth-order valence-corrected chi connectivity index (χ4v) is 1.69. The molecule has 1 aromatic rings. The van der Waals surface area contributed by atoms with Gasteiger partial charge in [-0.1, -0.05) is 12.1 Å². The van der Waals surface area contributed by atoms with Crippen LogP contribution in [-0.2, 0) is 10.2 Å². The van der Waals surface area contributed by atoms with Crippen LogP contribution in [0.4, 0.5) is 0 Å². The van der Waals surface area contributed by atoms with Gasteiger partial charge in [0.05, 0.1) is 12.5 Å². The zero-order valence-electron chi connectivity index (χ0n) is 10.6. The van der Waals surface area contributed by atoms with E-state index in [1.807, 2.05) is 38.1 Å². The van der Waals surface area contributed by atoms with Crippen molar-refractivity contribution < 1.29 is 9.53 Å². The van der Waals surface area contributed by atoms with Crippen molar-refractivity contribution in [3.05, 3.63) is 29.8 Å². The molecular weight excluding hydrogens is 202 g/mol. The lowest BCUT2D eigenvalue weighted by molar-refractivity contribution is -0.133. The molecule has 88 valence electrons. The number of rotatable bonds is 3. The molecule has 0 saturated heterocycles. The molecule has 3 heteroatoms. The number of amides is 1. The summed E-state index contributed by atoms with van der Waals surface area (Å²) in [4.78, 5) is 13.6. The van der Waals surface area contributed by atoms with Gasteiger partial charge in [0.2, 0.25) is 5.91 Å². The van der Waals surface area contributed by atoms with Gasteiger partial charge >= 0.3 is 0 Å². The first-order chi connectivity index (χ1) is 7.39. The molecule has 1 rings (SSSR count). The van der Waals surface area contributed by atoms with E-state index >= 15 is 0 Å². The number of hydrogen-bond donors (Lipinski definition) is 0. The van der Waals surface area contributed by atoms with Gasteiger partial charge in [0.25, 0.3) is 0 Å². The summed E-state index contributed by atoms with van der Waals surface area (Å²) >= 11 is 0. The number of carbonyl (C=O) groups excluding carboxylic acids is 1. The van der Waals surface area contributed by atoms with Gasteiger partial charge in [-0.25, -0.2) is 0 Å². The maximum Gasteiger partial charge on any atom is 0.232 e. The van der Waals surface area contributed by atoms with Crippen molar-refractivity contribution in [1.29, 1.82) is 0 Å². The van der Waals surface area contributed by atoms with E-state index in [0.717, 1.165) is 11.3 Å². The highest BCUT2D eigenvalue weighted by atomic mass is 16.5. The van der Waals surface area contributed by atoms with E-state index in [0.29, 0.717) is 0 Å². The Balaban J connectivity index is 3.02. The first kappa shape index (κ1) is 12.6. The minimum absolute atomic E-state index is 0.0951. The zero-order valence-corrected chi connectivity index (χ0v) is 10.6. The highest BCUT2D eigenvalue weighted by molar-refractivity contribution is 5.87. The van der Waals surface area contributed by atoms with Crippen LogP contribution in [0.25, 0.3) is 0 Å². The van der Waals surface area contributed by atoms with Gasteiger partial charge < -0.3 is 9.64 Å². The Morgan fingerprint density at radius 1 is 1.19 bits per heavy atom. The fraction of sp³-hybridized carbons (Fsp3) is 0.462. The summed E-state index contributed by atoms with van der Waals surface area (Å²) in [6.45, 7) is 3.86. The predicted octanol–water partition coefficient (Wildman–Crippen LogP) is 2.06. The average Bonchev–Trinajstić information content (AvgIpc) is 2.28. The van der Waals surface area contributed by atoms with E-state index in [1.165, 1.54) is 0 Å². The van der Waals surface area contributed by atoms with Crippen LogP contribution in [0.3, 0.4) is 0 Å². The van der Waals surface area contributed by atoms with Crippen LogP contribution in [0, 0.1) is 0 Å². The summed E-state index contributed by atoms with van der Waals surface area (Å²) in [6, 6.07) is 7.61. The normalized spacial score (nSPS) is 11.1. The lowest BCUT2D eigenvalue weighted by atomic mass is 9.83. The Labute approximate surface area is 97.0 Å². The molecule has 0 atom stereocenters. The molecule has 0 saturated carbocycles. The van der Waals surface area contributed by atoms with Gasteiger partial charge in [-0.15, -0.1) is 0 Å². The highest BCUT2D eigenvalue weighted by Crippen LogP contribution is 2.26. The number of nitrogens with zero attached hydrogens (tertiary/aromatic N) is 1. The molecule has 0 aliphatic heterocycles. The summed E-state index contributed by atoms with van der Waals surface area (Å²) in [5, 5.41) is 0. The molecule has 3 nitrogen and oxygen atoms in total. The van der Waals surface area contributed by atoms with E-state index in [4.69, 9.17) is 4.74 Å². The van der Waals surface area contributed by atoms with Gasteiger partial charge in [-0.05, 0) is 31.5 Å². The van der Waals surface area contributed by atoms with Crippen LogP contribution in [0.15, 0.2) is 24.3 Å². The number of hydrogen-bond acceptors (Lipinski definition) is 2. The number of ether oxygens (including phenoxy) is 1. The largest absolute Gasteiger partial charge is 0.497 e. The lowest BCUT2D eigenvalue weighted by Crippen LogP contribution is -2.39. The van der Waals surface area contributed by atoms with E-state index in [1.54, 1.807) is 26.1 Å². The molecule has 0 fully saturated rings.